The highest BCUT2D eigenvalue weighted by Gasteiger charge is 2.47. The third-order valence-corrected chi connectivity index (χ3v) is 9.95. The molecular weight excluding hydrogens is 541 g/mol. The fourth-order valence-electron chi connectivity index (χ4n) is 4.74. The van der Waals surface area contributed by atoms with Gasteiger partial charge in [0.2, 0.25) is 10.0 Å². The van der Waals surface area contributed by atoms with Crippen LogP contribution < -0.4 is 9.62 Å². The van der Waals surface area contributed by atoms with Gasteiger partial charge < -0.3 is 9.64 Å². The zero-order valence-electron chi connectivity index (χ0n) is 18.9. The van der Waals surface area contributed by atoms with Crippen LogP contribution >= 0.6 is 22.9 Å². The van der Waals surface area contributed by atoms with Gasteiger partial charge in [-0.15, -0.1) is 10.2 Å². The lowest BCUT2D eigenvalue weighted by Crippen LogP contribution is -2.51. The highest BCUT2D eigenvalue weighted by Crippen LogP contribution is 2.43. The largest absolute Gasteiger partial charge is 0.380 e. The number of anilines is 1. The predicted octanol–water partition coefficient (Wildman–Crippen LogP) is 3.84. The number of hydrogen-bond acceptors (Lipinski definition) is 8. The molecule has 1 spiro atoms. The summed E-state index contributed by atoms with van der Waals surface area (Å²) < 4.78 is 75.8. The van der Waals surface area contributed by atoms with Gasteiger partial charge in [0.1, 0.15) is 17.1 Å². The summed E-state index contributed by atoms with van der Waals surface area (Å²) in [6, 6.07) is 1.52. The number of ether oxygens (including phenoxy) is 1. The molecule has 36 heavy (non-hydrogen) atoms. The maximum Gasteiger partial charge on any atom is 0.291 e. The zero-order valence-corrected chi connectivity index (χ0v) is 21.3. The second kappa shape index (κ2) is 8.51. The summed E-state index contributed by atoms with van der Waals surface area (Å²) in [5.74, 6) is 0.102. The van der Waals surface area contributed by atoms with Gasteiger partial charge in [0, 0.05) is 24.7 Å². The van der Waals surface area contributed by atoms with Crippen LogP contribution in [0.4, 0.5) is 18.9 Å². The van der Waals surface area contributed by atoms with Gasteiger partial charge >= 0.3 is 0 Å². The number of fused-ring (bicyclic) bond motifs is 1. The number of nitrogens with zero attached hydrogens (tertiary/aromatic N) is 5. The highest BCUT2D eigenvalue weighted by atomic mass is 35.5. The Balaban J connectivity index is 1.48. The average molecular weight is 563 g/mol. The molecule has 2 aliphatic heterocycles. The second-order valence-electron chi connectivity index (χ2n) is 9.75. The van der Waals surface area contributed by atoms with Crippen molar-refractivity contribution < 1.29 is 26.3 Å². The van der Waals surface area contributed by atoms with E-state index in [1.54, 1.807) is 0 Å². The number of pyridine rings is 1. The number of nitrogens with one attached hydrogen (secondary N) is 1. The minimum atomic E-state index is -4.12. The van der Waals surface area contributed by atoms with Crippen molar-refractivity contribution in [3.8, 4) is 10.8 Å². The van der Waals surface area contributed by atoms with Gasteiger partial charge in [-0.1, -0.05) is 22.9 Å². The van der Waals surface area contributed by atoms with E-state index < -0.39 is 33.7 Å². The molecule has 3 aliphatic rings. The minimum absolute atomic E-state index is 0.0762. The van der Waals surface area contributed by atoms with Gasteiger partial charge in [-0.3, -0.25) is 4.40 Å². The second-order valence-corrected chi connectivity index (χ2v) is 12.8. The van der Waals surface area contributed by atoms with Crippen LogP contribution in [0.25, 0.3) is 16.3 Å². The highest BCUT2D eigenvalue weighted by molar-refractivity contribution is 7.89. The Labute approximate surface area is 213 Å². The van der Waals surface area contributed by atoms with Gasteiger partial charge in [-0.2, -0.15) is 0 Å². The molecule has 0 radical (unpaired) electrons. The lowest BCUT2D eigenvalue weighted by molar-refractivity contribution is -0.124. The van der Waals surface area contributed by atoms with E-state index in [0.29, 0.717) is 61.7 Å². The van der Waals surface area contributed by atoms with E-state index in [0.717, 1.165) is 12.8 Å². The first-order valence-electron chi connectivity index (χ1n) is 11.4. The number of aromatic nitrogens is 4. The fourth-order valence-corrected chi connectivity index (χ4v) is 7.15. The molecule has 194 valence electrons. The number of alkyl halides is 3. The topological polar surface area (TPSA) is 102 Å². The molecule has 1 saturated carbocycles. The Morgan fingerprint density at radius 3 is 2.47 bits per heavy atom. The predicted molar refractivity (Wildman–Crippen MR) is 127 cm³/mol. The number of halogens is 4. The molecule has 0 atom stereocenters. The number of imidazole rings is 1. The van der Waals surface area contributed by atoms with Crippen LogP contribution in [-0.2, 0) is 14.8 Å². The molecule has 5 heterocycles. The van der Waals surface area contributed by atoms with E-state index in [1.807, 2.05) is 4.90 Å². The molecule has 3 fully saturated rings. The van der Waals surface area contributed by atoms with Gasteiger partial charge in [-0.05, 0) is 31.7 Å². The van der Waals surface area contributed by atoms with Crippen molar-refractivity contribution in [2.45, 2.75) is 42.5 Å². The fraction of sp³-hybridized carbons (Fsp3) is 0.571. The van der Waals surface area contributed by atoms with Gasteiger partial charge in [0.25, 0.3) is 6.43 Å². The summed E-state index contributed by atoms with van der Waals surface area (Å²) in [6.45, 7) is 1.91. The van der Waals surface area contributed by atoms with Crippen molar-refractivity contribution in [1.29, 1.82) is 0 Å². The number of piperidine rings is 1. The minimum Gasteiger partial charge on any atom is -0.380 e. The molecule has 1 N–H and O–H groups in total. The van der Waals surface area contributed by atoms with E-state index >= 15 is 0 Å². The summed E-state index contributed by atoms with van der Waals surface area (Å²) in [5, 5.41) is 7.03. The van der Waals surface area contributed by atoms with E-state index in [1.165, 1.54) is 16.7 Å². The monoisotopic (exact) mass is 562 g/mol. The van der Waals surface area contributed by atoms with Crippen molar-refractivity contribution in [2.24, 2.45) is 5.41 Å². The van der Waals surface area contributed by atoms with Crippen LogP contribution in [-0.4, -0.2) is 66.5 Å². The summed E-state index contributed by atoms with van der Waals surface area (Å²) in [6.07, 6.45) is 1.08. The lowest BCUT2D eigenvalue weighted by atomic mass is 9.77. The van der Waals surface area contributed by atoms with Gasteiger partial charge in [0.05, 0.1) is 24.4 Å². The van der Waals surface area contributed by atoms with Gasteiger partial charge in [-0.25, -0.2) is 31.3 Å². The van der Waals surface area contributed by atoms with E-state index in [2.05, 4.69) is 19.9 Å². The third-order valence-electron chi connectivity index (χ3n) is 7.22. The Bertz CT molecular complexity index is 1430. The van der Waals surface area contributed by atoms with Crippen LogP contribution in [0.1, 0.15) is 37.1 Å². The van der Waals surface area contributed by atoms with E-state index in [4.69, 9.17) is 16.3 Å². The first-order valence-corrected chi connectivity index (χ1v) is 14.1. The van der Waals surface area contributed by atoms with Crippen LogP contribution in [0.15, 0.2) is 17.2 Å². The van der Waals surface area contributed by atoms with Crippen LogP contribution in [0.2, 0.25) is 5.15 Å². The van der Waals surface area contributed by atoms with Crippen molar-refractivity contribution in [1.82, 2.24) is 24.3 Å². The van der Waals surface area contributed by atoms with Crippen LogP contribution in [0.5, 0.6) is 0 Å². The number of sulfonamides is 1. The maximum absolute atomic E-state index is 13.5. The van der Waals surface area contributed by atoms with Crippen molar-refractivity contribution in [3.05, 3.63) is 22.4 Å². The first-order chi connectivity index (χ1) is 17.1. The van der Waals surface area contributed by atoms with Crippen LogP contribution in [0.3, 0.4) is 0 Å². The summed E-state index contributed by atoms with van der Waals surface area (Å²) in [4.78, 5) is 6.28. The molecule has 0 bridgehead atoms. The van der Waals surface area contributed by atoms with Crippen LogP contribution in [0, 0.1) is 5.41 Å². The molecule has 9 nitrogen and oxygen atoms in total. The Morgan fingerprint density at radius 2 is 1.92 bits per heavy atom. The quantitative estimate of drug-likeness (QED) is 0.467. The molecule has 3 aromatic heterocycles. The molecule has 3 aromatic rings. The number of hydrogen-bond donors (Lipinski definition) is 1. The number of rotatable bonds is 7. The van der Waals surface area contributed by atoms with Crippen molar-refractivity contribution in [3.63, 3.8) is 0 Å². The molecular formula is C21H22ClF3N6O3S2. The Kier molecular flexibility index (Phi) is 5.76. The Morgan fingerprint density at radius 1 is 1.19 bits per heavy atom. The normalized spacial score (nSPS) is 20.9. The molecule has 1 aliphatic carbocycles. The summed E-state index contributed by atoms with van der Waals surface area (Å²) in [5.41, 5.74) is 0.0359. The standard InChI is InChI=1S/C21H22ClF3N6O3S2/c22-15-14-13(30-5-3-20(4-6-30)10-34-11-20)7-12(36(32,33)29-21(9-23)1-2-21)8-31(14)17(26-15)19-28-27-18(35-19)16(24)25/h7-8,16,29H,1-6,9-11H2. The van der Waals surface area contributed by atoms with Crippen molar-refractivity contribution in [2.75, 3.05) is 37.9 Å². The van der Waals surface area contributed by atoms with Gasteiger partial charge in [0.15, 0.2) is 21.0 Å². The zero-order chi connectivity index (χ0) is 25.3. The van der Waals surface area contributed by atoms with E-state index in [-0.39, 0.29) is 26.3 Å². The molecule has 15 heteroatoms. The maximum atomic E-state index is 13.5. The molecule has 0 unspecified atom stereocenters. The Hall–Kier alpha value is -2.00. The smallest absolute Gasteiger partial charge is 0.291 e. The van der Waals surface area contributed by atoms with E-state index in [9.17, 15) is 21.6 Å². The van der Waals surface area contributed by atoms with Crippen molar-refractivity contribution >= 4 is 44.2 Å². The first kappa shape index (κ1) is 24.3. The summed E-state index contributed by atoms with van der Waals surface area (Å²) in [7, 11) is -4.12. The third kappa shape index (κ3) is 4.06. The average Bonchev–Trinajstić information content (AvgIpc) is 3.26. The molecule has 0 amide bonds. The SMILES string of the molecule is O=S(=O)(NC1(CF)CC1)c1cc(N2CCC3(CC2)COC3)c2c(Cl)nc(-c3nnc(C(F)F)s3)n2c1. The molecule has 0 aromatic carbocycles. The molecule has 6 rings (SSSR count). The molecule has 2 saturated heterocycles. The lowest BCUT2D eigenvalue weighted by Gasteiger charge is -2.48. The summed E-state index contributed by atoms with van der Waals surface area (Å²) >= 11 is 7.19.